The number of carbonyl (C=O) groups is 1. The molecule has 0 aliphatic carbocycles. The molecule has 2 rings (SSSR count). The molecule has 0 radical (unpaired) electrons. The van der Waals surface area contributed by atoms with E-state index in [4.69, 9.17) is 0 Å². The van der Waals surface area contributed by atoms with Crippen LogP contribution in [0.2, 0.25) is 0 Å². The lowest BCUT2D eigenvalue weighted by molar-refractivity contribution is 0.0138. The number of aromatic nitrogens is 1. The number of pyridine rings is 1. The Morgan fingerprint density at radius 3 is 2.56 bits per heavy atom. The number of carbonyl (C=O) groups excluding carboxylic acids is 1. The first-order valence-electron chi connectivity index (χ1n) is 9.06. The summed E-state index contributed by atoms with van der Waals surface area (Å²) in [4.78, 5) is 21.4. The SMILES string of the molecule is CC(C)C(O)C(C)(C)CNC(=O)c1ccnc(N2CCN(C)CC2)c1. The normalized spacial score (nSPS) is 17.6. The molecule has 1 amide bonds. The number of hydrogen-bond acceptors (Lipinski definition) is 5. The number of rotatable bonds is 6. The molecular formula is C19H32N4O2. The van der Waals surface area contributed by atoms with Gasteiger partial charge in [0.25, 0.3) is 5.91 Å². The van der Waals surface area contributed by atoms with Crippen molar-refractivity contribution >= 4 is 11.7 Å². The van der Waals surface area contributed by atoms with Crippen LogP contribution in [-0.2, 0) is 0 Å². The molecule has 25 heavy (non-hydrogen) atoms. The maximum Gasteiger partial charge on any atom is 0.251 e. The van der Waals surface area contributed by atoms with Gasteiger partial charge in [0.1, 0.15) is 5.82 Å². The van der Waals surface area contributed by atoms with Crippen LogP contribution in [-0.4, -0.2) is 66.8 Å². The largest absolute Gasteiger partial charge is 0.392 e. The number of aliphatic hydroxyl groups is 1. The van der Waals surface area contributed by atoms with Gasteiger partial charge in [-0.15, -0.1) is 0 Å². The van der Waals surface area contributed by atoms with Gasteiger partial charge >= 0.3 is 0 Å². The molecule has 1 aromatic heterocycles. The summed E-state index contributed by atoms with van der Waals surface area (Å²) < 4.78 is 0. The topological polar surface area (TPSA) is 68.7 Å². The Kier molecular flexibility index (Phi) is 6.41. The van der Waals surface area contributed by atoms with E-state index >= 15 is 0 Å². The smallest absolute Gasteiger partial charge is 0.251 e. The molecular weight excluding hydrogens is 316 g/mol. The van der Waals surface area contributed by atoms with Crippen LogP contribution in [0.15, 0.2) is 18.3 Å². The van der Waals surface area contributed by atoms with Gasteiger partial charge in [-0.05, 0) is 25.1 Å². The molecule has 2 N–H and O–H groups in total. The number of likely N-dealkylation sites (N-methyl/N-ethyl adjacent to an activating group) is 1. The van der Waals surface area contributed by atoms with Gasteiger partial charge in [0.2, 0.25) is 0 Å². The summed E-state index contributed by atoms with van der Waals surface area (Å²) in [5.74, 6) is 0.876. The monoisotopic (exact) mass is 348 g/mol. The average molecular weight is 348 g/mol. The van der Waals surface area contributed by atoms with Crippen LogP contribution in [0, 0.1) is 11.3 Å². The maximum atomic E-state index is 12.5. The molecule has 1 aromatic rings. The summed E-state index contributed by atoms with van der Waals surface area (Å²) in [7, 11) is 2.11. The fraction of sp³-hybridized carbons (Fsp3) is 0.684. The molecule has 1 aliphatic rings. The Labute approximate surface area is 151 Å². The van der Waals surface area contributed by atoms with Crippen molar-refractivity contribution < 1.29 is 9.90 Å². The number of anilines is 1. The van der Waals surface area contributed by atoms with E-state index in [0.29, 0.717) is 12.1 Å². The van der Waals surface area contributed by atoms with Gasteiger partial charge in [-0.3, -0.25) is 4.79 Å². The molecule has 2 heterocycles. The van der Waals surface area contributed by atoms with E-state index in [9.17, 15) is 9.90 Å². The fourth-order valence-electron chi connectivity index (χ4n) is 3.19. The van der Waals surface area contributed by atoms with Crippen LogP contribution in [0.1, 0.15) is 38.1 Å². The number of aliphatic hydroxyl groups excluding tert-OH is 1. The number of hydrogen-bond donors (Lipinski definition) is 2. The third kappa shape index (κ3) is 5.16. The van der Waals surface area contributed by atoms with E-state index in [2.05, 4.69) is 27.1 Å². The summed E-state index contributed by atoms with van der Waals surface area (Å²) >= 11 is 0. The average Bonchev–Trinajstić information content (AvgIpc) is 2.59. The summed E-state index contributed by atoms with van der Waals surface area (Å²) in [6.07, 6.45) is 1.22. The lowest BCUT2D eigenvalue weighted by Gasteiger charge is -2.34. The van der Waals surface area contributed by atoms with Crippen LogP contribution < -0.4 is 10.2 Å². The van der Waals surface area contributed by atoms with Crippen LogP contribution in [0.3, 0.4) is 0 Å². The van der Waals surface area contributed by atoms with Crippen molar-refractivity contribution in [2.45, 2.75) is 33.8 Å². The van der Waals surface area contributed by atoms with Crippen molar-refractivity contribution in [3.8, 4) is 0 Å². The minimum atomic E-state index is -0.467. The third-order valence-corrected chi connectivity index (χ3v) is 4.97. The zero-order valence-corrected chi connectivity index (χ0v) is 16.1. The predicted molar refractivity (Wildman–Crippen MR) is 101 cm³/mol. The second-order valence-electron chi connectivity index (χ2n) is 8.05. The van der Waals surface area contributed by atoms with Crippen molar-refractivity contribution in [1.82, 2.24) is 15.2 Å². The standard InChI is InChI=1S/C19H32N4O2/c1-14(2)17(24)19(3,4)13-21-18(25)15-6-7-20-16(12-15)23-10-8-22(5)9-11-23/h6-7,12,14,17,24H,8-11,13H2,1-5H3,(H,21,25). The minimum Gasteiger partial charge on any atom is -0.392 e. The van der Waals surface area contributed by atoms with Crippen molar-refractivity contribution in [3.63, 3.8) is 0 Å². The number of piperazine rings is 1. The van der Waals surface area contributed by atoms with E-state index in [1.54, 1.807) is 12.3 Å². The molecule has 0 spiro atoms. The van der Waals surface area contributed by atoms with Crippen molar-refractivity contribution in [2.24, 2.45) is 11.3 Å². The van der Waals surface area contributed by atoms with Crippen molar-refractivity contribution in [1.29, 1.82) is 0 Å². The summed E-state index contributed by atoms with van der Waals surface area (Å²) in [5.41, 5.74) is 0.232. The molecule has 1 unspecified atom stereocenters. The third-order valence-electron chi connectivity index (χ3n) is 4.97. The van der Waals surface area contributed by atoms with Crippen LogP contribution in [0.5, 0.6) is 0 Å². The number of amides is 1. The maximum absolute atomic E-state index is 12.5. The van der Waals surface area contributed by atoms with Crippen molar-refractivity contribution in [3.05, 3.63) is 23.9 Å². The summed E-state index contributed by atoms with van der Waals surface area (Å²) in [5, 5.41) is 13.3. The lowest BCUT2D eigenvalue weighted by atomic mass is 9.80. The first-order valence-corrected chi connectivity index (χ1v) is 9.06. The van der Waals surface area contributed by atoms with Gasteiger partial charge in [0.15, 0.2) is 0 Å². The molecule has 0 saturated carbocycles. The van der Waals surface area contributed by atoms with Gasteiger partial charge in [-0.25, -0.2) is 4.98 Å². The highest BCUT2D eigenvalue weighted by atomic mass is 16.3. The molecule has 6 nitrogen and oxygen atoms in total. The van der Waals surface area contributed by atoms with Gasteiger partial charge in [0, 0.05) is 49.9 Å². The fourth-order valence-corrected chi connectivity index (χ4v) is 3.19. The zero-order valence-electron chi connectivity index (χ0n) is 16.1. The molecule has 0 bridgehead atoms. The van der Waals surface area contributed by atoms with E-state index in [-0.39, 0.29) is 17.2 Å². The van der Waals surface area contributed by atoms with Gasteiger partial charge in [-0.2, -0.15) is 0 Å². The lowest BCUT2D eigenvalue weighted by Crippen LogP contribution is -2.45. The quantitative estimate of drug-likeness (QED) is 0.817. The first kappa shape index (κ1) is 19.7. The minimum absolute atomic E-state index is 0.123. The molecule has 0 aromatic carbocycles. The Bertz CT molecular complexity index is 581. The summed E-state index contributed by atoms with van der Waals surface area (Å²) in [6, 6.07) is 3.59. The molecule has 140 valence electrons. The van der Waals surface area contributed by atoms with Gasteiger partial charge in [0.05, 0.1) is 6.10 Å². The first-order chi connectivity index (χ1) is 11.7. The second kappa shape index (κ2) is 8.15. The van der Waals surface area contributed by atoms with Crippen LogP contribution >= 0.6 is 0 Å². The zero-order chi connectivity index (χ0) is 18.6. The van der Waals surface area contributed by atoms with Gasteiger partial charge in [-0.1, -0.05) is 27.7 Å². The highest BCUT2D eigenvalue weighted by Gasteiger charge is 2.30. The number of nitrogens with zero attached hydrogens (tertiary/aromatic N) is 3. The molecule has 1 fully saturated rings. The highest BCUT2D eigenvalue weighted by molar-refractivity contribution is 5.94. The van der Waals surface area contributed by atoms with E-state index in [1.165, 1.54) is 0 Å². The van der Waals surface area contributed by atoms with Crippen LogP contribution in [0.25, 0.3) is 0 Å². The Balaban J connectivity index is 1.99. The van der Waals surface area contributed by atoms with Gasteiger partial charge < -0.3 is 20.2 Å². The van der Waals surface area contributed by atoms with Crippen molar-refractivity contribution in [2.75, 3.05) is 44.7 Å². The molecule has 6 heteroatoms. The van der Waals surface area contributed by atoms with Crippen LogP contribution in [0.4, 0.5) is 5.82 Å². The molecule has 1 atom stereocenters. The van der Waals surface area contributed by atoms with E-state index < -0.39 is 6.10 Å². The number of nitrogens with one attached hydrogen (secondary N) is 1. The van der Waals surface area contributed by atoms with E-state index in [0.717, 1.165) is 32.0 Å². The Morgan fingerprint density at radius 1 is 1.32 bits per heavy atom. The Hall–Kier alpha value is -1.66. The molecule has 1 saturated heterocycles. The highest BCUT2D eigenvalue weighted by Crippen LogP contribution is 2.25. The van der Waals surface area contributed by atoms with E-state index in [1.807, 2.05) is 33.8 Å². The summed E-state index contributed by atoms with van der Waals surface area (Å²) in [6.45, 7) is 12.2. The predicted octanol–water partition coefficient (Wildman–Crippen LogP) is 1.61. The Morgan fingerprint density at radius 2 is 1.96 bits per heavy atom. The second-order valence-corrected chi connectivity index (χ2v) is 8.05. The molecule has 1 aliphatic heterocycles.